The summed E-state index contributed by atoms with van der Waals surface area (Å²) < 4.78 is 5.06. The van der Waals surface area contributed by atoms with E-state index < -0.39 is 0 Å². The van der Waals surface area contributed by atoms with E-state index in [2.05, 4.69) is 31.2 Å². The maximum Gasteiger partial charge on any atom is 0.306 e. The zero-order valence-electron chi connectivity index (χ0n) is 12.5. The molecule has 0 aliphatic heterocycles. The van der Waals surface area contributed by atoms with Crippen LogP contribution in [0.2, 0.25) is 0 Å². The zero-order chi connectivity index (χ0) is 14.5. The lowest BCUT2D eigenvalue weighted by Crippen LogP contribution is -2.35. The second-order valence-corrected chi connectivity index (χ2v) is 5.87. The van der Waals surface area contributed by atoms with Crippen molar-refractivity contribution in [3.63, 3.8) is 0 Å². The number of nitrogens with two attached hydrogens (primary N) is 1. The molecule has 110 valence electrons. The fraction of sp³-hybridized carbons (Fsp3) is 0.588. The van der Waals surface area contributed by atoms with E-state index in [1.807, 2.05) is 6.92 Å². The fourth-order valence-electron chi connectivity index (χ4n) is 3.12. The predicted molar refractivity (Wildman–Crippen MR) is 80.5 cm³/mol. The van der Waals surface area contributed by atoms with Gasteiger partial charge in [-0.3, -0.25) is 4.79 Å². The van der Waals surface area contributed by atoms with Gasteiger partial charge in [0.1, 0.15) is 0 Å². The van der Waals surface area contributed by atoms with Gasteiger partial charge in [0.2, 0.25) is 0 Å². The summed E-state index contributed by atoms with van der Waals surface area (Å²) in [5, 5.41) is 0. The molecular weight excluding hydrogens is 250 g/mol. The summed E-state index contributed by atoms with van der Waals surface area (Å²) in [6.07, 6.45) is 3.54. The molecule has 0 spiro atoms. The smallest absolute Gasteiger partial charge is 0.306 e. The van der Waals surface area contributed by atoms with Gasteiger partial charge in [-0.25, -0.2) is 0 Å². The number of carbonyl (C=O) groups excluding carboxylic acids is 1. The molecule has 0 aromatic heterocycles. The van der Waals surface area contributed by atoms with Crippen molar-refractivity contribution >= 4 is 5.97 Å². The van der Waals surface area contributed by atoms with E-state index >= 15 is 0 Å². The number of ether oxygens (including phenoxy) is 1. The Morgan fingerprint density at radius 3 is 2.65 bits per heavy atom. The number of hydrogen-bond donors (Lipinski definition) is 1. The van der Waals surface area contributed by atoms with Crippen LogP contribution in [0.15, 0.2) is 24.3 Å². The second kappa shape index (κ2) is 6.89. The molecule has 0 heterocycles. The van der Waals surface area contributed by atoms with Crippen LogP contribution in [-0.2, 0) is 9.53 Å². The molecule has 3 nitrogen and oxygen atoms in total. The van der Waals surface area contributed by atoms with E-state index in [-0.39, 0.29) is 12.0 Å². The van der Waals surface area contributed by atoms with Gasteiger partial charge in [0.05, 0.1) is 6.61 Å². The normalized spacial score (nSPS) is 26.2. The molecule has 0 saturated heterocycles. The van der Waals surface area contributed by atoms with Crippen molar-refractivity contribution in [3.05, 3.63) is 35.4 Å². The molecule has 1 aliphatic carbocycles. The zero-order valence-corrected chi connectivity index (χ0v) is 12.5. The number of carbonyl (C=O) groups is 1. The summed E-state index contributed by atoms with van der Waals surface area (Å²) in [4.78, 5) is 11.6. The Labute approximate surface area is 121 Å². The Kier molecular flexibility index (Phi) is 5.18. The maximum absolute atomic E-state index is 11.6. The van der Waals surface area contributed by atoms with Crippen LogP contribution in [0.4, 0.5) is 0 Å². The summed E-state index contributed by atoms with van der Waals surface area (Å²) in [6.45, 7) is 4.41. The van der Waals surface area contributed by atoms with Crippen LogP contribution in [0.25, 0.3) is 0 Å². The minimum atomic E-state index is -0.0735. The average Bonchev–Trinajstić information content (AvgIpc) is 2.42. The van der Waals surface area contributed by atoms with E-state index in [0.29, 0.717) is 24.9 Å². The summed E-state index contributed by atoms with van der Waals surface area (Å²) in [7, 11) is 0. The Morgan fingerprint density at radius 1 is 1.30 bits per heavy atom. The molecule has 1 aromatic carbocycles. The Hall–Kier alpha value is -1.35. The van der Waals surface area contributed by atoms with Crippen molar-refractivity contribution in [1.82, 2.24) is 0 Å². The molecule has 0 bridgehead atoms. The van der Waals surface area contributed by atoms with Gasteiger partial charge in [-0.05, 0) is 50.5 Å². The summed E-state index contributed by atoms with van der Waals surface area (Å²) in [5.74, 6) is 0.694. The first-order valence-electron chi connectivity index (χ1n) is 7.58. The van der Waals surface area contributed by atoms with Gasteiger partial charge in [-0.2, -0.15) is 0 Å². The lowest BCUT2D eigenvalue weighted by Gasteiger charge is -2.34. The van der Waals surface area contributed by atoms with Gasteiger partial charge >= 0.3 is 5.97 Å². The van der Waals surface area contributed by atoms with E-state index in [9.17, 15) is 4.79 Å². The quantitative estimate of drug-likeness (QED) is 0.859. The third-order valence-electron chi connectivity index (χ3n) is 4.28. The molecule has 0 amide bonds. The summed E-state index contributed by atoms with van der Waals surface area (Å²) >= 11 is 0. The second-order valence-electron chi connectivity index (χ2n) is 5.87. The van der Waals surface area contributed by atoms with Gasteiger partial charge in [0.25, 0.3) is 0 Å². The maximum atomic E-state index is 11.6. The topological polar surface area (TPSA) is 52.3 Å². The molecule has 1 aliphatic rings. The van der Waals surface area contributed by atoms with Gasteiger partial charge in [-0.1, -0.05) is 29.8 Å². The van der Waals surface area contributed by atoms with Crippen molar-refractivity contribution in [3.8, 4) is 0 Å². The number of rotatable bonds is 4. The van der Waals surface area contributed by atoms with Gasteiger partial charge in [0.15, 0.2) is 0 Å². The van der Waals surface area contributed by atoms with Crippen molar-refractivity contribution in [2.24, 2.45) is 11.7 Å². The molecule has 2 rings (SSSR count). The number of hydrogen-bond acceptors (Lipinski definition) is 3. The molecule has 0 radical (unpaired) electrons. The third-order valence-corrected chi connectivity index (χ3v) is 4.28. The van der Waals surface area contributed by atoms with Crippen LogP contribution in [-0.4, -0.2) is 18.6 Å². The third kappa shape index (κ3) is 3.83. The average molecular weight is 275 g/mol. The monoisotopic (exact) mass is 275 g/mol. The van der Waals surface area contributed by atoms with Crippen LogP contribution in [0.3, 0.4) is 0 Å². The Balaban J connectivity index is 2.01. The molecule has 2 N–H and O–H groups in total. The summed E-state index contributed by atoms with van der Waals surface area (Å²) in [6, 6.07) is 8.82. The highest BCUT2D eigenvalue weighted by Gasteiger charge is 2.30. The number of aryl methyl sites for hydroxylation is 1. The first kappa shape index (κ1) is 15.0. The lowest BCUT2D eigenvalue weighted by molar-refractivity contribution is -0.144. The molecule has 1 saturated carbocycles. The van der Waals surface area contributed by atoms with Crippen molar-refractivity contribution < 1.29 is 9.53 Å². The fourth-order valence-corrected chi connectivity index (χ4v) is 3.12. The van der Waals surface area contributed by atoms with E-state index in [0.717, 1.165) is 19.3 Å². The molecule has 3 atom stereocenters. The Bertz CT molecular complexity index is 441. The van der Waals surface area contributed by atoms with Crippen molar-refractivity contribution in [2.75, 3.05) is 6.61 Å². The van der Waals surface area contributed by atoms with Gasteiger partial charge in [0, 0.05) is 12.5 Å². The van der Waals surface area contributed by atoms with Crippen LogP contribution in [0, 0.1) is 12.8 Å². The van der Waals surface area contributed by atoms with Crippen LogP contribution in [0.5, 0.6) is 0 Å². The molecule has 1 fully saturated rings. The van der Waals surface area contributed by atoms with Crippen molar-refractivity contribution in [1.29, 1.82) is 0 Å². The molecule has 1 unspecified atom stereocenters. The van der Waals surface area contributed by atoms with E-state index in [1.54, 1.807) is 0 Å². The van der Waals surface area contributed by atoms with E-state index in [1.165, 1.54) is 11.1 Å². The first-order valence-corrected chi connectivity index (χ1v) is 7.58. The van der Waals surface area contributed by atoms with Crippen LogP contribution >= 0.6 is 0 Å². The molecule has 1 aromatic rings. The number of esters is 1. The first-order chi connectivity index (χ1) is 9.60. The molecule has 20 heavy (non-hydrogen) atoms. The van der Waals surface area contributed by atoms with Gasteiger partial charge in [-0.15, -0.1) is 0 Å². The largest absolute Gasteiger partial charge is 0.466 e. The highest BCUT2D eigenvalue weighted by molar-refractivity contribution is 5.69. The SMILES string of the molecule is CCOC(=O)CC1CC[C@H](N)[C@@H](c2ccc(C)cc2)C1. The van der Waals surface area contributed by atoms with Crippen molar-refractivity contribution in [2.45, 2.75) is 51.5 Å². The summed E-state index contributed by atoms with van der Waals surface area (Å²) in [5.41, 5.74) is 8.85. The standard InChI is InChI=1S/C17H25NO2/c1-3-20-17(19)11-13-6-9-16(18)15(10-13)14-7-4-12(2)5-8-14/h4-5,7-8,13,15-16H,3,6,9-11,18H2,1-2H3/t13?,15-,16+/m1/s1. The Morgan fingerprint density at radius 2 is 2.00 bits per heavy atom. The minimum Gasteiger partial charge on any atom is -0.466 e. The highest BCUT2D eigenvalue weighted by atomic mass is 16.5. The highest BCUT2D eigenvalue weighted by Crippen LogP contribution is 2.37. The van der Waals surface area contributed by atoms with Crippen LogP contribution in [0.1, 0.15) is 49.7 Å². The predicted octanol–water partition coefficient (Wildman–Crippen LogP) is 3.16. The molecule has 3 heteroatoms. The van der Waals surface area contributed by atoms with E-state index in [4.69, 9.17) is 10.5 Å². The van der Waals surface area contributed by atoms with Crippen LogP contribution < -0.4 is 5.73 Å². The molecular formula is C17H25NO2. The lowest BCUT2D eigenvalue weighted by atomic mass is 9.74. The van der Waals surface area contributed by atoms with Gasteiger partial charge < -0.3 is 10.5 Å². The number of benzene rings is 1. The minimum absolute atomic E-state index is 0.0735.